The van der Waals surface area contributed by atoms with Gasteiger partial charge < -0.3 is 25.4 Å². The van der Waals surface area contributed by atoms with Crippen LogP contribution in [0.4, 0.5) is 0 Å². The number of aliphatic hydroxyl groups is 3. The molecule has 0 saturated heterocycles. The van der Waals surface area contributed by atoms with Crippen molar-refractivity contribution in [2.75, 3.05) is 40.1 Å². The monoisotopic (exact) mass is 264 g/mol. The van der Waals surface area contributed by atoms with Crippen molar-refractivity contribution >= 4 is 5.91 Å². The molecule has 0 fully saturated rings. The summed E-state index contributed by atoms with van der Waals surface area (Å²) in [6.07, 6.45) is 0.708. The molecule has 18 heavy (non-hydrogen) atoms. The molecule has 0 aliphatic heterocycles. The molecule has 5 N–H and O–H groups in total. The van der Waals surface area contributed by atoms with Gasteiger partial charge in [-0.15, -0.1) is 0 Å². The lowest BCUT2D eigenvalue weighted by Gasteiger charge is -2.31. The third-order valence-electron chi connectivity index (χ3n) is 2.65. The van der Waals surface area contributed by atoms with Crippen LogP contribution in [0.5, 0.6) is 0 Å². The Morgan fingerprint density at radius 1 is 1.28 bits per heavy atom. The van der Waals surface area contributed by atoms with Crippen molar-refractivity contribution in [3.8, 4) is 0 Å². The van der Waals surface area contributed by atoms with Crippen molar-refractivity contribution in [2.24, 2.45) is 0 Å². The second-order valence-electron chi connectivity index (χ2n) is 4.26. The zero-order valence-electron chi connectivity index (χ0n) is 11.0. The minimum Gasteiger partial charge on any atom is -0.394 e. The van der Waals surface area contributed by atoms with E-state index in [9.17, 15) is 4.79 Å². The summed E-state index contributed by atoms with van der Waals surface area (Å²) in [5.74, 6) is -0.258. The molecule has 0 aromatic heterocycles. The van der Waals surface area contributed by atoms with Crippen LogP contribution in [-0.2, 0) is 9.53 Å². The fourth-order valence-corrected chi connectivity index (χ4v) is 1.39. The fourth-order valence-electron chi connectivity index (χ4n) is 1.39. The van der Waals surface area contributed by atoms with Gasteiger partial charge in [-0.3, -0.25) is 10.1 Å². The number of rotatable bonds is 10. The van der Waals surface area contributed by atoms with E-state index in [1.165, 1.54) is 0 Å². The van der Waals surface area contributed by atoms with Gasteiger partial charge in [-0.1, -0.05) is 0 Å². The molecule has 0 saturated carbocycles. The first-order chi connectivity index (χ1) is 8.55. The third kappa shape index (κ3) is 5.74. The quantitative estimate of drug-likeness (QED) is 0.287. The van der Waals surface area contributed by atoms with E-state index in [0.29, 0.717) is 19.6 Å². The summed E-state index contributed by atoms with van der Waals surface area (Å²) in [5, 5.41) is 32.8. The highest BCUT2D eigenvalue weighted by molar-refractivity contribution is 5.81. The average Bonchev–Trinajstić information content (AvgIpc) is 2.40. The van der Waals surface area contributed by atoms with Gasteiger partial charge in [-0.2, -0.15) is 0 Å². The van der Waals surface area contributed by atoms with Crippen LogP contribution in [0.3, 0.4) is 0 Å². The minimum absolute atomic E-state index is 0.258. The summed E-state index contributed by atoms with van der Waals surface area (Å²) >= 11 is 0. The summed E-state index contributed by atoms with van der Waals surface area (Å²) in [6, 6.07) is -0.626. The molecule has 1 amide bonds. The lowest BCUT2D eigenvalue weighted by molar-refractivity contribution is -0.123. The highest BCUT2D eigenvalue weighted by atomic mass is 16.5. The Morgan fingerprint density at radius 2 is 1.83 bits per heavy atom. The van der Waals surface area contributed by atoms with Gasteiger partial charge in [0.05, 0.1) is 31.4 Å². The Balaban J connectivity index is 4.13. The maximum Gasteiger partial charge on any atom is 0.236 e. The number of carbonyl (C=O) groups excluding carboxylic acids is 1. The van der Waals surface area contributed by atoms with Crippen molar-refractivity contribution in [2.45, 2.75) is 24.9 Å². The van der Waals surface area contributed by atoms with E-state index < -0.39 is 31.4 Å². The molecule has 0 heterocycles. The van der Waals surface area contributed by atoms with Crippen LogP contribution in [-0.4, -0.2) is 72.9 Å². The molecular weight excluding hydrogens is 240 g/mol. The summed E-state index contributed by atoms with van der Waals surface area (Å²) in [7, 11) is 1.59. The van der Waals surface area contributed by atoms with Crippen LogP contribution in [0.1, 0.15) is 13.3 Å². The van der Waals surface area contributed by atoms with E-state index in [1.54, 1.807) is 14.0 Å². The van der Waals surface area contributed by atoms with Gasteiger partial charge in [0.2, 0.25) is 5.91 Å². The molecule has 0 spiro atoms. The molecule has 7 heteroatoms. The number of hydrogen-bond donors (Lipinski definition) is 5. The van der Waals surface area contributed by atoms with Crippen molar-refractivity contribution < 1.29 is 24.9 Å². The van der Waals surface area contributed by atoms with E-state index in [-0.39, 0.29) is 5.91 Å². The van der Waals surface area contributed by atoms with Crippen LogP contribution in [0.25, 0.3) is 0 Å². The number of hydrogen-bond acceptors (Lipinski definition) is 6. The summed E-state index contributed by atoms with van der Waals surface area (Å²) in [4.78, 5) is 11.7. The predicted molar refractivity (Wildman–Crippen MR) is 66.1 cm³/mol. The molecule has 0 bridgehead atoms. The molecule has 1 atom stereocenters. The predicted octanol–water partition coefficient (Wildman–Crippen LogP) is -2.17. The molecule has 108 valence electrons. The maximum atomic E-state index is 11.7. The van der Waals surface area contributed by atoms with Crippen molar-refractivity contribution in [1.82, 2.24) is 10.6 Å². The largest absolute Gasteiger partial charge is 0.394 e. The second-order valence-corrected chi connectivity index (χ2v) is 4.26. The van der Waals surface area contributed by atoms with Gasteiger partial charge in [0.1, 0.15) is 0 Å². The zero-order chi connectivity index (χ0) is 14.0. The number of aliphatic hydroxyl groups excluding tert-OH is 3. The van der Waals surface area contributed by atoms with E-state index in [2.05, 4.69) is 10.6 Å². The summed E-state index contributed by atoms with van der Waals surface area (Å²) < 4.78 is 4.85. The first-order valence-electron chi connectivity index (χ1n) is 5.92. The van der Waals surface area contributed by atoms with Crippen molar-refractivity contribution in [1.29, 1.82) is 0 Å². The first-order valence-corrected chi connectivity index (χ1v) is 5.92. The summed E-state index contributed by atoms with van der Waals surface area (Å²) in [6.45, 7) is 1.28. The topological polar surface area (TPSA) is 111 Å². The Morgan fingerprint density at radius 3 is 2.28 bits per heavy atom. The third-order valence-corrected chi connectivity index (χ3v) is 2.65. The molecule has 7 nitrogen and oxygen atoms in total. The Kier molecular flexibility index (Phi) is 8.86. The number of carbonyl (C=O) groups is 1. The van der Waals surface area contributed by atoms with Gasteiger partial charge in [0.25, 0.3) is 0 Å². The number of ether oxygens (including phenoxy) is 1. The first kappa shape index (κ1) is 17.3. The molecule has 1 unspecified atom stereocenters. The van der Waals surface area contributed by atoms with E-state index in [1.807, 2.05) is 0 Å². The highest BCUT2D eigenvalue weighted by Gasteiger charge is 2.31. The Hall–Kier alpha value is -0.730. The normalized spacial score (nSPS) is 13.4. The van der Waals surface area contributed by atoms with Crippen LogP contribution in [0.15, 0.2) is 0 Å². The second kappa shape index (κ2) is 9.23. The molecular formula is C11H24N2O5. The van der Waals surface area contributed by atoms with Crippen molar-refractivity contribution in [3.05, 3.63) is 0 Å². The fraction of sp³-hybridized carbons (Fsp3) is 0.909. The van der Waals surface area contributed by atoms with E-state index in [4.69, 9.17) is 20.1 Å². The highest BCUT2D eigenvalue weighted by Crippen LogP contribution is 2.03. The average molecular weight is 264 g/mol. The van der Waals surface area contributed by atoms with Crippen LogP contribution < -0.4 is 10.6 Å². The lowest BCUT2D eigenvalue weighted by Crippen LogP contribution is -2.60. The number of methoxy groups -OCH3 is 1. The molecule has 0 aliphatic rings. The van der Waals surface area contributed by atoms with Gasteiger partial charge >= 0.3 is 0 Å². The smallest absolute Gasteiger partial charge is 0.236 e. The molecule has 0 aliphatic carbocycles. The minimum atomic E-state index is -1.25. The van der Waals surface area contributed by atoms with Crippen LogP contribution in [0, 0.1) is 0 Å². The summed E-state index contributed by atoms with van der Waals surface area (Å²) in [5.41, 5.74) is -1.25. The van der Waals surface area contributed by atoms with Gasteiger partial charge in [-0.05, 0) is 13.3 Å². The zero-order valence-corrected chi connectivity index (χ0v) is 11.0. The van der Waals surface area contributed by atoms with E-state index >= 15 is 0 Å². The number of nitrogens with one attached hydrogen (secondary N) is 2. The standard InChI is InChI=1S/C11H24N2O5/c1-9(10(17)12-4-3-5-18-2)13-11(6-14,7-15)8-16/h9,13-16H,3-8H2,1-2H3,(H,12,17). The maximum absolute atomic E-state index is 11.7. The van der Waals surface area contributed by atoms with Crippen molar-refractivity contribution in [3.63, 3.8) is 0 Å². The number of amides is 1. The van der Waals surface area contributed by atoms with Gasteiger partial charge in [0, 0.05) is 20.3 Å². The van der Waals surface area contributed by atoms with Crippen LogP contribution in [0.2, 0.25) is 0 Å². The van der Waals surface area contributed by atoms with Crippen LogP contribution >= 0.6 is 0 Å². The molecule has 0 aromatic carbocycles. The Bertz CT molecular complexity index is 225. The SMILES string of the molecule is COCCCNC(=O)C(C)NC(CO)(CO)CO. The van der Waals surface area contributed by atoms with E-state index in [0.717, 1.165) is 0 Å². The van der Waals surface area contributed by atoms with Gasteiger partial charge in [0.15, 0.2) is 0 Å². The Labute approximate surface area is 107 Å². The lowest BCUT2D eigenvalue weighted by atomic mass is 10.0. The molecule has 0 aromatic rings. The molecule has 0 rings (SSSR count). The molecule has 0 radical (unpaired) electrons. The van der Waals surface area contributed by atoms with Gasteiger partial charge in [-0.25, -0.2) is 0 Å².